The number of halogens is 6. The number of hydrogen-bond acceptors (Lipinski definition) is 8. The Morgan fingerprint density at radius 3 is 2.63 bits per heavy atom. The van der Waals surface area contributed by atoms with Crippen LogP contribution in [0.15, 0.2) is 66.6 Å². The first-order chi connectivity index (χ1) is 20.6. The summed E-state index contributed by atoms with van der Waals surface area (Å²) in [5.74, 6) is -3.42. The lowest BCUT2D eigenvalue weighted by Crippen LogP contribution is -2.55. The van der Waals surface area contributed by atoms with Crippen molar-refractivity contribution in [1.29, 1.82) is 5.26 Å². The predicted molar refractivity (Wildman–Crippen MR) is 162 cm³/mol. The van der Waals surface area contributed by atoms with Gasteiger partial charge in [0.2, 0.25) is 0 Å². The van der Waals surface area contributed by atoms with E-state index in [4.69, 9.17) is 34.8 Å². The van der Waals surface area contributed by atoms with Gasteiger partial charge in [-0.25, -0.2) is 13.2 Å². The number of nitrogens with zero attached hydrogens (tertiary/aromatic N) is 3. The number of pyridine rings is 1. The fraction of sp³-hybridized carbons (Fsp3) is 0.172. The lowest BCUT2D eigenvalue weighted by molar-refractivity contribution is -0.133. The molecule has 4 aromatic rings. The zero-order valence-corrected chi connectivity index (χ0v) is 24.3. The maximum atomic E-state index is 15.0. The maximum Gasteiger partial charge on any atom is 0.272 e. The summed E-state index contributed by atoms with van der Waals surface area (Å²) < 4.78 is 41.8. The molecular weight excluding hydrogens is 624 g/mol. The molecule has 8 nitrogen and oxygen atoms in total. The normalized spacial score (nSPS) is 16.4. The van der Waals surface area contributed by atoms with Crippen LogP contribution < -0.4 is 27.0 Å². The Balaban J connectivity index is 1.37. The Morgan fingerprint density at radius 1 is 1.09 bits per heavy atom. The van der Waals surface area contributed by atoms with Crippen LogP contribution in [0.2, 0.25) is 15.1 Å². The first-order valence-electron chi connectivity index (χ1n) is 13.0. The Labute approximate surface area is 259 Å². The molecule has 3 heterocycles. The van der Waals surface area contributed by atoms with Gasteiger partial charge in [0.05, 0.1) is 62.4 Å². The number of fused-ring (bicyclic) bond motifs is 1. The lowest BCUT2D eigenvalue weighted by atomic mass is 9.99. The molecule has 14 heteroatoms. The van der Waals surface area contributed by atoms with E-state index in [2.05, 4.69) is 38.1 Å². The zero-order valence-electron chi connectivity index (χ0n) is 22.1. The van der Waals surface area contributed by atoms with Crippen LogP contribution in [0.25, 0.3) is 10.9 Å². The summed E-state index contributed by atoms with van der Waals surface area (Å²) in [7, 11) is 0. The summed E-state index contributed by atoms with van der Waals surface area (Å²) in [6, 6.07) is 15.6. The second kappa shape index (κ2) is 11.6. The molecule has 0 saturated carbocycles. The molecule has 0 unspecified atom stereocenters. The molecule has 0 amide bonds. The number of hydrogen-bond donors (Lipinski definition) is 5. The van der Waals surface area contributed by atoms with Gasteiger partial charge in [-0.15, -0.1) is 0 Å². The molecule has 1 fully saturated rings. The van der Waals surface area contributed by atoms with Gasteiger partial charge in [0, 0.05) is 30.0 Å². The molecule has 1 aromatic heterocycles. The molecule has 1 saturated heterocycles. The predicted octanol–water partition coefficient (Wildman–Crippen LogP) is 7.01. The van der Waals surface area contributed by atoms with E-state index in [-0.39, 0.29) is 45.1 Å². The minimum atomic E-state index is -2.65. The molecule has 0 radical (unpaired) electrons. The number of anilines is 3. The van der Waals surface area contributed by atoms with Gasteiger partial charge in [-0.1, -0.05) is 59.1 Å². The number of benzene rings is 3. The van der Waals surface area contributed by atoms with Gasteiger partial charge < -0.3 is 21.5 Å². The number of nitriles is 1. The van der Waals surface area contributed by atoms with Crippen LogP contribution in [0.3, 0.4) is 0 Å². The monoisotopic (exact) mass is 644 g/mol. The summed E-state index contributed by atoms with van der Waals surface area (Å²) in [5, 5.41) is 16.8. The smallest absolute Gasteiger partial charge is 0.272 e. The summed E-state index contributed by atoms with van der Waals surface area (Å²) >= 11 is 18.7. The number of nitrogens with one attached hydrogen (secondary N) is 5. The minimum Gasteiger partial charge on any atom is -0.373 e. The Kier molecular flexibility index (Phi) is 7.89. The number of aromatic nitrogens is 1. The van der Waals surface area contributed by atoms with Crippen molar-refractivity contribution in [2.24, 2.45) is 0 Å². The van der Waals surface area contributed by atoms with Crippen molar-refractivity contribution >= 4 is 62.8 Å². The van der Waals surface area contributed by atoms with Gasteiger partial charge >= 0.3 is 0 Å². The molecule has 43 heavy (non-hydrogen) atoms. The van der Waals surface area contributed by atoms with Crippen molar-refractivity contribution in [3.63, 3.8) is 0 Å². The standard InChI is InChI=1S/C29H22Cl3F3N8/c30-20-4-5-22(25(33)24(20)32)40-26-17(9-36)10-37-28-19(26)7-18(8-21(28)31)39-27(23-11-38-42-41-23)16-3-1-2-15(6-16)12-43-13-29(34,35)14-43/h1-8,10-11,27,38-39,41-42H,12-14H2,(H,37,40)/t27-/m0/s1. The molecule has 0 aliphatic carbocycles. The quantitative estimate of drug-likeness (QED) is 0.131. The van der Waals surface area contributed by atoms with Gasteiger partial charge in [-0.05, 0) is 35.4 Å². The van der Waals surface area contributed by atoms with Crippen LogP contribution in [-0.2, 0) is 6.54 Å². The third kappa shape index (κ3) is 5.98. The molecule has 2 aliphatic rings. The topological polar surface area (TPSA) is 100 Å². The van der Waals surface area contributed by atoms with Gasteiger partial charge in [0.15, 0.2) is 5.82 Å². The maximum absolute atomic E-state index is 15.0. The second-order valence-electron chi connectivity index (χ2n) is 10.2. The lowest BCUT2D eigenvalue weighted by Gasteiger charge is -2.38. The largest absolute Gasteiger partial charge is 0.373 e. The Bertz CT molecular complexity index is 1800. The molecule has 1 atom stereocenters. The van der Waals surface area contributed by atoms with E-state index in [1.54, 1.807) is 23.2 Å². The van der Waals surface area contributed by atoms with Crippen LogP contribution in [0.4, 0.5) is 30.2 Å². The SMILES string of the molecule is N#Cc1cnc2c(Cl)cc(N[C@H](C3=CNNN3)c3cccc(CN4CC(F)(F)C4)c3)cc2c1Nc1ccc(Cl)c(Cl)c1F. The molecule has 0 spiro atoms. The highest BCUT2D eigenvalue weighted by Gasteiger charge is 2.43. The van der Waals surface area contributed by atoms with Gasteiger partial charge in [-0.2, -0.15) is 10.8 Å². The summed E-state index contributed by atoms with van der Waals surface area (Å²) in [6.07, 6.45) is 3.10. The van der Waals surface area contributed by atoms with Crippen molar-refractivity contribution < 1.29 is 13.2 Å². The summed E-state index contributed by atoms with van der Waals surface area (Å²) in [6.45, 7) is -0.143. The molecule has 220 valence electrons. The van der Waals surface area contributed by atoms with Crippen LogP contribution in [0.5, 0.6) is 0 Å². The van der Waals surface area contributed by atoms with Crippen molar-refractivity contribution in [3.8, 4) is 6.07 Å². The molecule has 3 aromatic carbocycles. The van der Waals surface area contributed by atoms with Crippen LogP contribution in [0.1, 0.15) is 22.7 Å². The third-order valence-electron chi connectivity index (χ3n) is 7.07. The van der Waals surface area contributed by atoms with Crippen molar-refractivity contribution in [2.45, 2.75) is 18.5 Å². The average molecular weight is 646 g/mol. The van der Waals surface area contributed by atoms with E-state index in [1.807, 2.05) is 24.3 Å². The van der Waals surface area contributed by atoms with E-state index in [9.17, 15) is 18.4 Å². The highest BCUT2D eigenvalue weighted by molar-refractivity contribution is 6.42. The summed E-state index contributed by atoms with van der Waals surface area (Å²) in [4.78, 5) is 6.05. The number of rotatable bonds is 8. The molecule has 0 bridgehead atoms. The number of alkyl halides is 2. The van der Waals surface area contributed by atoms with Crippen molar-refractivity contribution in [3.05, 3.63) is 104 Å². The fourth-order valence-corrected chi connectivity index (χ4v) is 5.67. The Hall–Kier alpha value is -3.92. The third-order valence-corrected chi connectivity index (χ3v) is 8.14. The van der Waals surface area contributed by atoms with E-state index in [1.165, 1.54) is 18.3 Å². The first kappa shape index (κ1) is 29.2. The van der Waals surface area contributed by atoms with Gasteiger partial charge in [0.25, 0.3) is 5.92 Å². The zero-order chi connectivity index (χ0) is 30.3. The van der Waals surface area contributed by atoms with Crippen molar-refractivity contribution in [1.82, 2.24) is 26.3 Å². The van der Waals surface area contributed by atoms with Crippen LogP contribution in [0, 0.1) is 17.1 Å². The van der Waals surface area contributed by atoms with Crippen LogP contribution >= 0.6 is 34.8 Å². The average Bonchev–Trinajstić information content (AvgIpc) is 3.50. The molecule has 5 N–H and O–H groups in total. The van der Waals surface area contributed by atoms with Gasteiger partial charge in [-0.3, -0.25) is 9.88 Å². The fourth-order valence-electron chi connectivity index (χ4n) is 5.09. The van der Waals surface area contributed by atoms with Crippen LogP contribution in [-0.4, -0.2) is 28.9 Å². The van der Waals surface area contributed by atoms with Gasteiger partial charge in [0.1, 0.15) is 6.07 Å². The van der Waals surface area contributed by atoms with E-state index in [0.29, 0.717) is 23.1 Å². The van der Waals surface area contributed by atoms with E-state index < -0.39 is 17.8 Å². The highest BCUT2D eigenvalue weighted by atomic mass is 35.5. The Morgan fingerprint density at radius 2 is 1.91 bits per heavy atom. The molecular formula is C29H22Cl3F3N8. The summed E-state index contributed by atoms with van der Waals surface area (Å²) in [5.41, 5.74) is 12.7. The number of hydrazine groups is 2. The first-order valence-corrected chi connectivity index (χ1v) is 14.1. The highest BCUT2D eigenvalue weighted by Crippen LogP contribution is 2.39. The van der Waals surface area contributed by atoms with Crippen molar-refractivity contribution in [2.75, 3.05) is 23.7 Å². The minimum absolute atomic E-state index is 0.0139. The van der Waals surface area contributed by atoms with E-state index >= 15 is 0 Å². The molecule has 2 aliphatic heterocycles. The second-order valence-corrected chi connectivity index (χ2v) is 11.4. The molecule has 6 rings (SSSR count). The van der Waals surface area contributed by atoms with E-state index in [0.717, 1.165) is 16.8 Å². The number of likely N-dealkylation sites (tertiary alicyclic amines) is 1.